The smallest absolute Gasteiger partial charge is 0.267 e. The van der Waals surface area contributed by atoms with Crippen LogP contribution in [-0.2, 0) is 24.3 Å². The Labute approximate surface area is 152 Å². The lowest BCUT2D eigenvalue weighted by Gasteiger charge is -2.29. The zero-order valence-corrected chi connectivity index (χ0v) is 15.1. The summed E-state index contributed by atoms with van der Waals surface area (Å²) in [4.78, 5) is 26.9. The molecule has 136 valence electrons. The van der Waals surface area contributed by atoms with Crippen LogP contribution in [-0.4, -0.2) is 33.7 Å². The number of anilines is 1. The average Bonchev–Trinajstić information content (AvgIpc) is 3.48. The number of benzene rings is 1. The molecule has 1 N–H and O–H groups in total. The van der Waals surface area contributed by atoms with Gasteiger partial charge in [0.25, 0.3) is 5.56 Å². The summed E-state index contributed by atoms with van der Waals surface area (Å²) < 4.78 is 1.27. The summed E-state index contributed by atoms with van der Waals surface area (Å²) in [7, 11) is 0. The molecule has 1 aliphatic carbocycles. The Morgan fingerprint density at radius 2 is 2.12 bits per heavy atom. The molecule has 0 atom stereocenters. The highest BCUT2D eigenvalue weighted by atomic mass is 16.2. The van der Waals surface area contributed by atoms with E-state index < -0.39 is 0 Å². The Hall–Kier alpha value is -2.47. The van der Waals surface area contributed by atoms with E-state index >= 15 is 0 Å². The Balaban J connectivity index is 1.49. The molecule has 2 heterocycles. The summed E-state index contributed by atoms with van der Waals surface area (Å²) in [6, 6.07) is 9.33. The monoisotopic (exact) mass is 352 g/mol. The van der Waals surface area contributed by atoms with Crippen molar-refractivity contribution >= 4 is 11.6 Å². The maximum Gasteiger partial charge on any atom is 0.267 e. The number of carbonyl (C=O) groups excluding carboxylic acids is 1. The number of rotatable bonds is 5. The molecule has 0 saturated heterocycles. The molecular weight excluding hydrogens is 328 g/mol. The van der Waals surface area contributed by atoms with Crippen molar-refractivity contribution in [2.45, 2.75) is 45.2 Å². The quantitative estimate of drug-likeness (QED) is 0.895. The third-order valence-corrected chi connectivity index (χ3v) is 5.24. The minimum atomic E-state index is -0.238. The standard InChI is InChI=1S/C20H24N4O2/c1-2-23-11-10-16-15(12-23)4-3-5-18(16)21-19(25)13-24-20(26)9-8-17(22-24)14-6-7-14/h3-5,8-9,14H,2,6-7,10-13H2,1H3,(H,21,25). The molecule has 2 aliphatic rings. The molecule has 1 aromatic carbocycles. The van der Waals surface area contributed by atoms with Crippen molar-refractivity contribution in [2.75, 3.05) is 18.4 Å². The number of nitrogens with one attached hydrogen (secondary N) is 1. The van der Waals surface area contributed by atoms with Crippen LogP contribution in [0.4, 0.5) is 5.69 Å². The minimum Gasteiger partial charge on any atom is -0.324 e. The molecule has 1 aliphatic heterocycles. The Morgan fingerprint density at radius 1 is 1.27 bits per heavy atom. The fourth-order valence-corrected chi connectivity index (χ4v) is 3.56. The van der Waals surface area contributed by atoms with Gasteiger partial charge in [0, 0.05) is 30.8 Å². The van der Waals surface area contributed by atoms with Gasteiger partial charge < -0.3 is 5.32 Å². The fourth-order valence-electron chi connectivity index (χ4n) is 3.56. The molecule has 1 amide bonds. The van der Waals surface area contributed by atoms with Gasteiger partial charge in [0.1, 0.15) is 6.54 Å². The van der Waals surface area contributed by atoms with Crippen molar-refractivity contribution in [3.05, 3.63) is 57.5 Å². The van der Waals surface area contributed by atoms with E-state index in [4.69, 9.17) is 0 Å². The number of carbonyl (C=O) groups is 1. The first-order chi connectivity index (χ1) is 12.6. The van der Waals surface area contributed by atoms with Crippen molar-refractivity contribution in [1.82, 2.24) is 14.7 Å². The molecule has 0 spiro atoms. The second-order valence-electron chi connectivity index (χ2n) is 7.14. The maximum atomic E-state index is 12.5. The number of likely N-dealkylation sites (N-methyl/N-ethyl adjacent to an activating group) is 1. The van der Waals surface area contributed by atoms with E-state index in [-0.39, 0.29) is 18.0 Å². The average molecular weight is 352 g/mol. The molecule has 6 nitrogen and oxygen atoms in total. The predicted molar refractivity (Wildman–Crippen MR) is 100 cm³/mol. The summed E-state index contributed by atoms with van der Waals surface area (Å²) in [6.45, 7) is 5.06. The van der Waals surface area contributed by atoms with Crippen LogP contribution in [0.25, 0.3) is 0 Å². The molecule has 0 unspecified atom stereocenters. The Bertz CT molecular complexity index is 886. The first-order valence-electron chi connectivity index (χ1n) is 9.35. The van der Waals surface area contributed by atoms with Crippen LogP contribution < -0.4 is 10.9 Å². The number of amides is 1. The first-order valence-corrected chi connectivity index (χ1v) is 9.35. The summed E-state index contributed by atoms with van der Waals surface area (Å²) in [5.41, 5.74) is 4.00. The predicted octanol–water partition coefficient (Wildman–Crippen LogP) is 2.14. The number of aromatic nitrogens is 2. The van der Waals surface area contributed by atoms with Gasteiger partial charge in [0.2, 0.25) is 5.91 Å². The van der Waals surface area contributed by atoms with E-state index in [0.29, 0.717) is 5.92 Å². The van der Waals surface area contributed by atoms with Crippen LogP contribution in [0.2, 0.25) is 0 Å². The lowest BCUT2D eigenvalue weighted by atomic mass is 9.97. The largest absolute Gasteiger partial charge is 0.324 e. The summed E-state index contributed by atoms with van der Waals surface area (Å²) >= 11 is 0. The first kappa shape index (κ1) is 17.0. The number of nitrogens with zero attached hydrogens (tertiary/aromatic N) is 3. The zero-order valence-electron chi connectivity index (χ0n) is 15.1. The van der Waals surface area contributed by atoms with Crippen molar-refractivity contribution in [2.24, 2.45) is 0 Å². The van der Waals surface area contributed by atoms with Crippen molar-refractivity contribution in [3.63, 3.8) is 0 Å². The number of hydrogen-bond donors (Lipinski definition) is 1. The maximum absolute atomic E-state index is 12.5. The van der Waals surface area contributed by atoms with Crippen LogP contribution in [0.1, 0.15) is 42.5 Å². The van der Waals surface area contributed by atoms with E-state index in [1.807, 2.05) is 12.1 Å². The van der Waals surface area contributed by atoms with Gasteiger partial charge in [0.15, 0.2) is 0 Å². The summed E-state index contributed by atoms with van der Waals surface area (Å²) in [5, 5.41) is 7.35. The molecule has 1 saturated carbocycles. The highest BCUT2D eigenvalue weighted by molar-refractivity contribution is 5.91. The van der Waals surface area contributed by atoms with Crippen LogP contribution in [0.3, 0.4) is 0 Å². The Kier molecular flexibility index (Phi) is 4.59. The van der Waals surface area contributed by atoms with Crippen LogP contribution in [0.15, 0.2) is 35.1 Å². The third kappa shape index (κ3) is 3.55. The van der Waals surface area contributed by atoms with Crippen LogP contribution >= 0.6 is 0 Å². The van der Waals surface area contributed by atoms with Crippen LogP contribution in [0.5, 0.6) is 0 Å². The topological polar surface area (TPSA) is 67.2 Å². The highest BCUT2D eigenvalue weighted by Crippen LogP contribution is 2.38. The van der Waals surface area contributed by atoms with E-state index in [1.165, 1.54) is 21.9 Å². The summed E-state index contributed by atoms with van der Waals surface area (Å²) in [6.07, 6.45) is 3.15. The fraction of sp³-hybridized carbons (Fsp3) is 0.450. The summed E-state index contributed by atoms with van der Waals surface area (Å²) in [5.74, 6) is 0.242. The van der Waals surface area contributed by atoms with Gasteiger partial charge in [-0.25, -0.2) is 4.68 Å². The number of hydrogen-bond acceptors (Lipinski definition) is 4. The van der Waals surface area contributed by atoms with Gasteiger partial charge in [-0.05, 0) is 49.1 Å². The second kappa shape index (κ2) is 7.03. The molecule has 26 heavy (non-hydrogen) atoms. The van der Waals surface area contributed by atoms with Crippen molar-refractivity contribution in [3.8, 4) is 0 Å². The zero-order chi connectivity index (χ0) is 18.1. The van der Waals surface area contributed by atoms with E-state index in [2.05, 4.69) is 28.3 Å². The molecular formula is C20H24N4O2. The lowest BCUT2D eigenvalue weighted by molar-refractivity contribution is -0.117. The minimum absolute atomic E-state index is 0.0514. The van der Waals surface area contributed by atoms with E-state index in [0.717, 1.165) is 50.3 Å². The molecule has 2 aromatic rings. The number of fused-ring (bicyclic) bond motifs is 1. The van der Waals surface area contributed by atoms with Gasteiger partial charge in [0.05, 0.1) is 5.69 Å². The van der Waals surface area contributed by atoms with Gasteiger partial charge >= 0.3 is 0 Å². The molecule has 0 radical (unpaired) electrons. The van der Waals surface area contributed by atoms with Gasteiger partial charge in [-0.3, -0.25) is 14.5 Å². The van der Waals surface area contributed by atoms with E-state index in [9.17, 15) is 9.59 Å². The molecule has 1 aromatic heterocycles. The van der Waals surface area contributed by atoms with E-state index in [1.54, 1.807) is 6.07 Å². The van der Waals surface area contributed by atoms with Crippen molar-refractivity contribution in [1.29, 1.82) is 0 Å². The van der Waals surface area contributed by atoms with Gasteiger partial charge in [-0.15, -0.1) is 0 Å². The molecule has 1 fully saturated rings. The Morgan fingerprint density at radius 3 is 2.88 bits per heavy atom. The lowest BCUT2D eigenvalue weighted by Crippen LogP contribution is -2.32. The van der Waals surface area contributed by atoms with Gasteiger partial charge in [-0.2, -0.15) is 5.10 Å². The molecule has 0 bridgehead atoms. The second-order valence-corrected chi connectivity index (χ2v) is 7.14. The third-order valence-electron chi connectivity index (χ3n) is 5.24. The van der Waals surface area contributed by atoms with Crippen molar-refractivity contribution < 1.29 is 4.79 Å². The molecule has 4 rings (SSSR count). The van der Waals surface area contributed by atoms with Crippen LogP contribution in [0, 0.1) is 0 Å². The SMILES string of the molecule is CCN1CCc2c(cccc2NC(=O)Cn2nc(C3CC3)ccc2=O)C1. The highest BCUT2D eigenvalue weighted by Gasteiger charge is 2.26. The molecule has 6 heteroatoms. The van der Waals surface area contributed by atoms with Gasteiger partial charge in [-0.1, -0.05) is 19.1 Å². The normalized spacial score (nSPS) is 17.0.